The number of ether oxygens (including phenoxy) is 3. The molecule has 0 aliphatic carbocycles. The second-order valence-corrected chi connectivity index (χ2v) is 6.28. The minimum atomic E-state index is -0.175. The lowest BCUT2D eigenvalue weighted by atomic mass is 10.1. The van der Waals surface area contributed by atoms with Crippen molar-refractivity contribution in [2.45, 2.75) is 6.54 Å². The van der Waals surface area contributed by atoms with Gasteiger partial charge in [-0.1, -0.05) is 17.7 Å². The van der Waals surface area contributed by atoms with E-state index in [1.165, 1.54) is 13.2 Å². The van der Waals surface area contributed by atoms with E-state index in [2.05, 4.69) is 0 Å². The Balaban J connectivity index is 2.08. The van der Waals surface area contributed by atoms with Gasteiger partial charge in [0.05, 0.1) is 14.2 Å². The fourth-order valence-electron chi connectivity index (χ4n) is 2.52. The monoisotopic (exact) mass is 400 g/mol. The molecule has 0 aliphatic heterocycles. The number of methoxy groups -OCH3 is 2. The number of hydrogen-bond acceptors (Lipinski definition) is 5. The molecule has 0 fully saturated rings. The number of nitriles is 1. The number of benzene rings is 2. The predicted octanol–water partition coefficient (Wildman–Crippen LogP) is 3.93. The van der Waals surface area contributed by atoms with Crippen LogP contribution < -0.4 is 14.2 Å². The SMILES string of the molecule is COc1ccc(Cl)cc1CN(C)C(=O)/C=C/c1ccc(OCC#N)c(OC)c1. The Bertz CT molecular complexity index is 906. The molecule has 0 aliphatic rings. The molecule has 0 heterocycles. The highest BCUT2D eigenvalue weighted by atomic mass is 35.5. The molecular weight excluding hydrogens is 380 g/mol. The Morgan fingerprint density at radius 1 is 1.14 bits per heavy atom. The van der Waals surface area contributed by atoms with Crippen LogP contribution >= 0.6 is 11.6 Å². The minimum absolute atomic E-state index is 0.0677. The van der Waals surface area contributed by atoms with Gasteiger partial charge in [0.1, 0.15) is 11.8 Å². The van der Waals surface area contributed by atoms with E-state index in [-0.39, 0.29) is 12.5 Å². The van der Waals surface area contributed by atoms with Crippen LogP contribution in [0.3, 0.4) is 0 Å². The van der Waals surface area contributed by atoms with Crippen LogP contribution in [0.1, 0.15) is 11.1 Å². The predicted molar refractivity (Wildman–Crippen MR) is 108 cm³/mol. The fourth-order valence-corrected chi connectivity index (χ4v) is 2.71. The molecule has 7 heteroatoms. The molecule has 28 heavy (non-hydrogen) atoms. The van der Waals surface area contributed by atoms with Crippen molar-refractivity contribution in [3.8, 4) is 23.3 Å². The maximum atomic E-state index is 12.4. The average Bonchev–Trinajstić information content (AvgIpc) is 2.70. The number of rotatable bonds is 8. The Hall–Kier alpha value is -3.17. The van der Waals surface area contributed by atoms with Crippen molar-refractivity contribution in [2.75, 3.05) is 27.9 Å². The molecule has 0 bridgehead atoms. The molecule has 0 saturated carbocycles. The van der Waals surface area contributed by atoms with Gasteiger partial charge in [-0.05, 0) is 42.0 Å². The molecule has 0 spiro atoms. The van der Waals surface area contributed by atoms with Gasteiger partial charge < -0.3 is 19.1 Å². The van der Waals surface area contributed by atoms with Gasteiger partial charge in [-0.2, -0.15) is 5.26 Å². The van der Waals surface area contributed by atoms with E-state index < -0.39 is 0 Å². The molecule has 0 saturated heterocycles. The first-order chi connectivity index (χ1) is 13.5. The molecule has 146 valence electrons. The standard InChI is InChI=1S/C21H21ClN2O4/c1-24(14-16-13-17(22)6-8-18(16)26-2)21(25)9-5-15-4-7-19(28-11-10-23)20(12-15)27-3/h4-9,12-13H,11,14H2,1-3H3/b9-5+. The summed E-state index contributed by atoms with van der Waals surface area (Å²) < 4.78 is 15.9. The van der Waals surface area contributed by atoms with Gasteiger partial charge in [0.2, 0.25) is 5.91 Å². The fraction of sp³-hybridized carbons (Fsp3) is 0.238. The number of halogens is 1. The molecule has 0 radical (unpaired) electrons. The third-order valence-electron chi connectivity index (χ3n) is 3.92. The molecule has 2 aromatic rings. The van der Waals surface area contributed by atoms with Crippen LogP contribution in [0.25, 0.3) is 6.08 Å². The lowest BCUT2D eigenvalue weighted by Gasteiger charge is -2.17. The Kier molecular flexibility index (Phi) is 7.73. The number of carbonyl (C=O) groups excluding carboxylic acids is 1. The third-order valence-corrected chi connectivity index (χ3v) is 4.16. The quantitative estimate of drug-likeness (QED) is 0.628. The first kappa shape index (κ1) is 21.1. The molecule has 0 aromatic heterocycles. The van der Waals surface area contributed by atoms with E-state index in [0.717, 1.165) is 11.1 Å². The lowest BCUT2D eigenvalue weighted by molar-refractivity contribution is -0.125. The largest absolute Gasteiger partial charge is 0.496 e. The number of nitrogens with zero attached hydrogens (tertiary/aromatic N) is 2. The van der Waals surface area contributed by atoms with E-state index in [4.69, 9.17) is 31.1 Å². The normalized spacial score (nSPS) is 10.4. The highest BCUT2D eigenvalue weighted by molar-refractivity contribution is 6.30. The maximum absolute atomic E-state index is 12.4. The molecule has 1 amide bonds. The third kappa shape index (κ3) is 5.66. The second-order valence-electron chi connectivity index (χ2n) is 5.84. The Morgan fingerprint density at radius 3 is 2.54 bits per heavy atom. The molecule has 0 unspecified atom stereocenters. The van der Waals surface area contributed by atoms with Gasteiger partial charge in [0.15, 0.2) is 18.1 Å². The zero-order valence-corrected chi connectivity index (χ0v) is 16.7. The highest BCUT2D eigenvalue weighted by Crippen LogP contribution is 2.28. The van der Waals surface area contributed by atoms with E-state index in [9.17, 15) is 4.79 Å². The summed E-state index contributed by atoms with van der Waals surface area (Å²) in [4.78, 5) is 14.0. The average molecular weight is 401 g/mol. The van der Waals surface area contributed by atoms with Crippen molar-refractivity contribution in [3.63, 3.8) is 0 Å². The van der Waals surface area contributed by atoms with Crippen LogP contribution in [0.15, 0.2) is 42.5 Å². The summed E-state index contributed by atoms with van der Waals surface area (Å²) >= 11 is 6.04. The number of hydrogen-bond donors (Lipinski definition) is 0. The van der Waals surface area contributed by atoms with Crippen molar-refractivity contribution < 1.29 is 19.0 Å². The van der Waals surface area contributed by atoms with Crippen LogP contribution in [-0.4, -0.2) is 38.7 Å². The van der Waals surface area contributed by atoms with Crippen LogP contribution in [0, 0.1) is 11.3 Å². The number of amides is 1. The van der Waals surface area contributed by atoms with Gasteiger partial charge in [-0.3, -0.25) is 4.79 Å². The Labute approximate surface area is 169 Å². The van der Waals surface area contributed by atoms with Crippen LogP contribution in [0.4, 0.5) is 0 Å². The summed E-state index contributed by atoms with van der Waals surface area (Å²) in [6.07, 6.45) is 3.16. The molecule has 6 nitrogen and oxygen atoms in total. The van der Waals surface area contributed by atoms with Crippen LogP contribution in [0.2, 0.25) is 5.02 Å². The summed E-state index contributed by atoms with van der Waals surface area (Å²) in [5, 5.41) is 9.19. The zero-order valence-electron chi connectivity index (χ0n) is 15.9. The van der Waals surface area contributed by atoms with Crippen molar-refractivity contribution in [1.82, 2.24) is 4.90 Å². The lowest BCUT2D eigenvalue weighted by Crippen LogP contribution is -2.24. The highest BCUT2D eigenvalue weighted by Gasteiger charge is 2.11. The van der Waals surface area contributed by atoms with Crippen molar-refractivity contribution in [2.24, 2.45) is 0 Å². The zero-order chi connectivity index (χ0) is 20.5. The van der Waals surface area contributed by atoms with Gasteiger partial charge in [0.25, 0.3) is 0 Å². The van der Waals surface area contributed by atoms with E-state index >= 15 is 0 Å². The van der Waals surface area contributed by atoms with E-state index in [1.54, 1.807) is 61.5 Å². The van der Waals surface area contributed by atoms with Gasteiger partial charge in [-0.25, -0.2) is 0 Å². The molecular formula is C21H21ClN2O4. The van der Waals surface area contributed by atoms with E-state index in [1.807, 2.05) is 6.07 Å². The van der Waals surface area contributed by atoms with E-state index in [0.29, 0.717) is 28.8 Å². The van der Waals surface area contributed by atoms with Crippen LogP contribution in [-0.2, 0) is 11.3 Å². The summed E-state index contributed by atoms with van der Waals surface area (Å²) in [6, 6.07) is 12.4. The molecule has 0 N–H and O–H groups in total. The summed E-state index contributed by atoms with van der Waals surface area (Å²) in [5.41, 5.74) is 1.59. The van der Waals surface area contributed by atoms with Crippen molar-refractivity contribution >= 4 is 23.6 Å². The molecule has 2 rings (SSSR count). The molecule has 2 aromatic carbocycles. The summed E-state index contributed by atoms with van der Waals surface area (Å²) in [5.74, 6) is 1.45. The first-order valence-corrected chi connectivity index (χ1v) is 8.79. The van der Waals surface area contributed by atoms with Crippen LogP contribution in [0.5, 0.6) is 17.2 Å². The number of carbonyl (C=O) groups is 1. The molecule has 0 atom stereocenters. The number of likely N-dealkylation sites (N-methyl/N-ethyl adjacent to an activating group) is 1. The first-order valence-electron chi connectivity index (χ1n) is 8.42. The minimum Gasteiger partial charge on any atom is -0.496 e. The summed E-state index contributed by atoms with van der Waals surface area (Å²) in [6.45, 7) is 0.291. The van der Waals surface area contributed by atoms with Gasteiger partial charge in [-0.15, -0.1) is 0 Å². The second kappa shape index (κ2) is 10.2. The van der Waals surface area contributed by atoms with Gasteiger partial charge in [0, 0.05) is 30.3 Å². The topological polar surface area (TPSA) is 71.8 Å². The Morgan fingerprint density at radius 2 is 1.86 bits per heavy atom. The van der Waals surface area contributed by atoms with Gasteiger partial charge >= 0.3 is 0 Å². The maximum Gasteiger partial charge on any atom is 0.246 e. The van der Waals surface area contributed by atoms with Crippen molar-refractivity contribution in [3.05, 3.63) is 58.6 Å². The van der Waals surface area contributed by atoms with Crippen molar-refractivity contribution in [1.29, 1.82) is 5.26 Å². The smallest absolute Gasteiger partial charge is 0.246 e. The summed E-state index contributed by atoms with van der Waals surface area (Å²) in [7, 11) is 4.79.